The van der Waals surface area contributed by atoms with Gasteiger partial charge in [0, 0.05) is 17.4 Å². The molecule has 0 saturated carbocycles. The van der Waals surface area contributed by atoms with Crippen molar-refractivity contribution in [3.05, 3.63) is 79.0 Å². The van der Waals surface area contributed by atoms with Gasteiger partial charge in [-0.1, -0.05) is 42.5 Å². The van der Waals surface area contributed by atoms with Crippen LogP contribution >= 0.6 is 0 Å². The normalized spacial score (nSPS) is 10.6. The SMILES string of the molecule is COc1ccc(Nc2nccc(-c3cccc4ccccc34)n2)cc1. The van der Waals surface area contributed by atoms with E-state index in [0.717, 1.165) is 22.7 Å². The molecule has 0 fully saturated rings. The third-order valence-electron chi connectivity index (χ3n) is 4.07. The van der Waals surface area contributed by atoms with Crippen LogP contribution < -0.4 is 10.1 Å². The molecule has 0 aliphatic rings. The predicted octanol–water partition coefficient (Wildman–Crippen LogP) is 5.05. The van der Waals surface area contributed by atoms with Crippen molar-refractivity contribution in [3.63, 3.8) is 0 Å². The summed E-state index contributed by atoms with van der Waals surface area (Å²) in [5, 5.41) is 5.61. The van der Waals surface area contributed by atoms with Crippen molar-refractivity contribution in [2.45, 2.75) is 0 Å². The van der Waals surface area contributed by atoms with Crippen LogP contribution in [0.5, 0.6) is 5.75 Å². The second-order valence-corrected chi connectivity index (χ2v) is 5.65. The fourth-order valence-corrected chi connectivity index (χ4v) is 2.82. The van der Waals surface area contributed by atoms with Crippen molar-refractivity contribution >= 4 is 22.4 Å². The van der Waals surface area contributed by atoms with Crippen LogP contribution in [-0.2, 0) is 0 Å². The lowest BCUT2D eigenvalue weighted by molar-refractivity contribution is 0.415. The Morgan fingerprint density at radius 1 is 0.840 bits per heavy atom. The molecular formula is C21H17N3O. The monoisotopic (exact) mass is 327 g/mol. The van der Waals surface area contributed by atoms with Crippen LogP contribution in [0.1, 0.15) is 0 Å². The molecule has 0 radical (unpaired) electrons. The van der Waals surface area contributed by atoms with E-state index in [4.69, 9.17) is 4.74 Å². The molecule has 4 rings (SSSR count). The third kappa shape index (κ3) is 3.15. The number of fused-ring (bicyclic) bond motifs is 1. The number of nitrogens with zero attached hydrogens (tertiary/aromatic N) is 2. The van der Waals surface area contributed by atoms with Gasteiger partial charge in [-0.25, -0.2) is 9.97 Å². The summed E-state index contributed by atoms with van der Waals surface area (Å²) in [4.78, 5) is 9.01. The van der Waals surface area contributed by atoms with Crippen LogP contribution in [0.3, 0.4) is 0 Å². The molecule has 0 saturated heterocycles. The number of anilines is 2. The molecule has 122 valence electrons. The highest BCUT2D eigenvalue weighted by Crippen LogP contribution is 2.28. The number of rotatable bonds is 4. The Kier molecular flexibility index (Phi) is 4.01. The zero-order valence-electron chi connectivity index (χ0n) is 13.8. The molecule has 0 aliphatic heterocycles. The zero-order valence-corrected chi connectivity index (χ0v) is 13.8. The number of hydrogen-bond donors (Lipinski definition) is 1. The molecule has 1 aromatic heterocycles. The Morgan fingerprint density at radius 3 is 2.48 bits per heavy atom. The van der Waals surface area contributed by atoms with Gasteiger partial charge in [-0.3, -0.25) is 0 Å². The number of ether oxygens (including phenoxy) is 1. The molecular weight excluding hydrogens is 310 g/mol. The molecule has 1 heterocycles. The summed E-state index contributed by atoms with van der Waals surface area (Å²) in [6.45, 7) is 0. The van der Waals surface area contributed by atoms with Gasteiger partial charge in [-0.15, -0.1) is 0 Å². The van der Waals surface area contributed by atoms with E-state index in [2.05, 4.69) is 45.6 Å². The lowest BCUT2D eigenvalue weighted by atomic mass is 10.0. The van der Waals surface area contributed by atoms with Crippen molar-refractivity contribution in [3.8, 4) is 17.0 Å². The van der Waals surface area contributed by atoms with Crippen LogP contribution in [0.2, 0.25) is 0 Å². The molecule has 25 heavy (non-hydrogen) atoms. The smallest absolute Gasteiger partial charge is 0.227 e. The Bertz CT molecular complexity index is 1010. The summed E-state index contributed by atoms with van der Waals surface area (Å²) in [6.07, 6.45) is 1.77. The summed E-state index contributed by atoms with van der Waals surface area (Å²) < 4.78 is 5.18. The Morgan fingerprint density at radius 2 is 1.64 bits per heavy atom. The molecule has 4 nitrogen and oxygen atoms in total. The molecule has 0 atom stereocenters. The first kappa shape index (κ1) is 15.1. The predicted molar refractivity (Wildman–Crippen MR) is 101 cm³/mol. The molecule has 0 bridgehead atoms. The van der Waals surface area contributed by atoms with Crippen LogP contribution in [0.4, 0.5) is 11.6 Å². The largest absolute Gasteiger partial charge is 0.497 e. The maximum absolute atomic E-state index is 5.18. The van der Waals surface area contributed by atoms with Gasteiger partial charge in [-0.05, 0) is 41.1 Å². The molecule has 4 aromatic rings. The number of aromatic nitrogens is 2. The van der Waals surface area contributed by atoms with E-state index in [-0.39, 0.29) is 0 Å². The summed E-state index contributed by atoms with van der Waals surface area (Å²) in [7, 11) is 1.65. The van der Waals surface area contributed by atoms with Crippen molar-refractivity contribution in [2.24, 2.45) is 0 Å². The maximum Gasteiger partial charge on any atom is 0.227 e. The number of methoxy groups -OCH3 is 1. The van der Waals surface area contributed by atoms with E-state index in [1.54, 1.807) is 13.3 Å². The maximum atomic E-state index is 5.18. The molecule has 0 unspecified atom stereocenters. The fourth-order valence-electron chi connectivity index (χ4n) is 2.82. The topological polar surface area (TPSA) is 47.0 Å². The van der Waals surface area contributed by atoms with Gasteiger partial charge in [0.1, 0.15) is 5.75 Å². The van der Waals surface area contributed by atoms with E-state index in [9.17, 15) is 0 Å². The molecule has 3 aromatic carbocycles. The van der Waals surface area contributed by atoms with Gasteiger partial charge in [0.15, 0.2) is 0 Å². The summed E-state index contributed by atoms with van der Waals surface area (Å²) >= 11 is 0. The standard InChI is InChI=1S/C21H17N3O/c1-25-17-11-9-16(10-12-17)23-21-22-14-13-20(24-21)19-8-4-6-15-5-2-3-7-18(15)19/h2-14H,1H3,(H,22,23,24). The van der Waals surface area contributed by atoms with E-state index in [1.807, 2.05) is 42.5 Å². The van der Waals surface area contributed by atoms with Crippen LogP contribution in [0.25, 0.3) is 22.0 Å². The molecule has 0 aliphatic carbocycles. The molecule has 0 spiro atoms. The lowest BCUT2D eigenvalue weighted by Crippen LogP contribution is -1.98. The lowest BCUT2D eigenvalue weighted by Gasteiger charge is -2.09. The number of hydrogen-bond acceptors (Lipinski definition) is 4. The molecule has 4 heteroatoms. The van der Waals surface area contributed by atoms with Gasteiger partial charge in [0.05, 0.1) is 12.8 Å². The second-order valence-electron chi connectivity index (χ2n) is 5.65. The van der Waals surface area contributed by atoms with Gasteiger partial charge < -0.3 is 10.1 Å². The van der Waals surface area contributed by atoms with Gasteiger partial charge >= 0.3 is 0 Å². The summed E-state index contributed by atoms with van der Waals surface area (Å²) in [6, 6.07) is 24.2. The molecule has 0 amide bonds. The Balaban J connectivity index is 1.69. The zero-order chi connectivity index (χ0) is 17.1. The van der Waals surface area contributed by atoms with E-state index in [1.165, 1.54) is 10.8 Å². The van der Waals surface area contributed by atoms with Crippen molar-refractivity contribution in [1.29, 1.82) is 0 Å². The number of nitrogens with one attached hydrogen (secondary N) is 1. The summed E-state index contributed by atoms with van der Waals surface area (Å²) in [5.41, 5.74) is 2.90. The Hall–Kier alpha value is -3.40. The first-order valence-electron chi connectivity index (χ1n) is 8.06. The fraction of sp³-hybridized carbons (Fsp3) is 0.0476. The van der Waals surface area contributed by atoms with Crippen LogP contribution in [-0.4, -0.2) is 17.1 Å². The van der Waals surface area contributed by atoms with Gasteiger partial charge in [0.25, 0.3) is 0 Å². The minimum atomic E-state index is 0.565. The van der Waals surface area contributed by atoms with E-state index in [0.29, 0.717) is 5.95 Å². The first-order valence-corrected chi connectivity index (χ1v) is 8.06. The first-order chi connectivity index (χ1) is 12.3. The Labute approximate surface area is 146 Å². The minimum absolute atomic E-state index is 0.565. The van der Waals surface area contributed by atoms with E-state index < -0.39 is 0 Å². The average molecular weight is 327 g/mol. The van der Waals surface area contributed by atoms with Crippen molar-refractivity contribution < 1.29 is 4.74 Å². The second kappa shape index (κ2) is 6.61. The minimum Gasteiger partial charge on any atom is -0.497 e. The summed E-state index contributed by atoms with van der Waals surface area (Å²) in [5.74, 6) is 1.38. The van der Waals surface area contributed by atoms with Crippen LogP contribution in [0, 0.1) is 0 Å². The number of benzene rings is 3. The van der Waals surface area contributed by atoms with Gasteiger partial charge in [-0.2, -0.15) is 0 Å². The third-order valence-corrected chi connectivity index (χ3v) is 4.07. The molecule has 1 N–H and O–H groups in total. The van der Waals surface area contributed by atoms with Crippen molar-refractivity contribution in [1.82, 2.24) is 9.97 Å². The average Bonchev–Trinajstić information content (AvgIpc) is 2.68. The highest BCUT2D eigenvalue weighted by atomic mass is 16.5. The van der Waals surface area contributed by atoms with Crippen LogP contribution in [0.15, 0.2) is 79.0 Å². The van der Waals surface area contributed by atoms with Crippen molar-refractivity contribution in [2.75, 3.05) is 12.4 Å². The van der Waals surface area contributed by atoms with E-state index >= 15 is 0 Å². The van der Waals surface area contributed by atoms with Gasteiger partial charge in [0.2, 0.25) is 5.95 Å². The quantitative estimate of drug-likeness (QED) is 0.570. The highest BCUT2D eigenvalue weighted by molar-refractivity contribution is 5.95. The highest BCUT2D eigenvalue weighted by Gasteiger charge is 2.06.